The topological polar surface area (TPSA) is 127 Å². The molecular formula is C20H21N7O4. The summed E-state index contributed by atoms with van der Waals surface area (Å²) in [6.45, 7) is 5.13. The zero-order valence-corrected chi connectivity index (χ0v) is 17.1. The number of nitrogens with zero attached hydrogens (tertiary/aromatic N) is 6. The molecule has 31 heavy (non-hydrogen) atoms. The molecule has 1 fully saturated rings. The normalized spacial score (nSPS) is 13.7. The van der Waals surface area contributed by atoms with Crippen molar-refractivity contribution in [1.82, 2.24) is 29.4 Å². The highest BCUT2D eigenvalue weighted by atomic mass is 16.5. The number of fused-ring (bicyclic) bond motifs is 1. The monoisotopic (exact) mass is 423 g/mol. The Bertz CT molecular complexity index is 1260. The highest BCUT2D eigenvalue weighted by Crippen LogP contribution is 2.25. The third kappa shape index (κ3) is 3.80. The third-order valence-electron chi connectivity index (χ3n) is 4.91. The number of hydrogen-bond donors (Lipinski definition) is 2. The summed E-state index contributed by atoms with van der Waals surface area (Å²) < 4.78 is 8.66. The first-order chi connectivity index (χ1) is 15.0. The van der Waals surface area contributed by atoms with Gasteiger partial charge in [-0.25, -0.2) is 9.78 Å². The minimum atomic E-state index is -1.25. The maximum Gasteiger partial charge on any atom is 0.358 e. The van der Waals surface area contributed by atoms with E-state index >= 15 is 0 Å². The van der Waals surface area contributed by atoms with E-state index in [4.69, 9.17) is 4.74 Å². The van der Waals surface area contributed by atoms with Gasteiger partial charge in [-0.3, -0.25) is 13.9 Å². The molecule has 2 N–H and O–H groups in total. The van der Waals surface area contributed by atoms with E-state index in [1.807, 2.05) is 0 Å². The van der Waals surface area contributed by atoms with E-state index in [1.165, 1.54) is 23.9 Å². The van der Waals surface area contributed by atoms with Gasteiger partial charge in [0.1, 0.15) is 0 Å². The first-order valence-corrected chi connectivity index (χ1v) is 9.70. The summed E-state index contributed by atoms with van der Waals surface area (Å²) in [6, 6.07) is 2.92. The number of nitrogens with one attached hydrogen (secondary N) is 1. The lowest BCUT2D eigenvalue weighted by Crippen LogP contribution is -2.44. The predicted octanol–water partition coefficient (Wildman–Crippen LogP) is 0.448. The molecule has 0 bridgehead atoms. The molecule has 1 aliphatic heterocycles. The maximum atomic E-state index is 13.2. The third-order valence-corrected chi connectivity index (χ3v) is 4.91. The van der Waals surface area contributed by atoms with E-state index in [0.717, 1.165) is 26.2 Å². The maximum absolute atomic E-state index is 13.2. The van der Waals surface area contributed by atoms with Crippen LogP contribution in [0.3, 0.4) is 0 Å². The van der Waals surface area contributed by atoms with Gasteiger partial charge in [-0.1, -0.05) is 5.92 Å². The van der Waals surface area contributed by atoms with E-state index in [9.17, 15) is 14.7 Å². The number of ether oxygens (including phenoxy) is 1. The van der Waals surface area contributed by atoms with Crippen molar-refractivity contribution in [2.45, 2.75) is 13.5 Å². The molecular weight excluding hydrogens is 402 g/mol. The average molecular weight is 423 g/mol. The van der Waals surface area contributed by atoms with Crippen LogP contribution in [-0.4, -0.2) is 61.3 Å². The summed E-state index contributed by atoms with van der Waals surface area (Å²) >= 11 is 0. The van der Waals surface area contributed by atoms with Crippen LogP contribution in [0.1, 0.15) is 17.4 Å². The number of aromatic carboxylic acids is 1. The summed E-state index contributed by atoms with van der Waals surface area (Å²) in [4.78, 5) is 39.6. The van der Waals surface area contributed by atoms with Crippen molar-refractivity contribution in [1.29, 1.82) is 0 Å². The van der Waals surface area contributed by atoms with Crippen LogP contribution in [0.25, 0.3) is 11.2 Å². The summed E-state index contributed by atoms with van der Waals surface area (Å²) in [7, 11) is 1.51. The SMILES string of the molecule is CC#CCn1c(N2CCNCC2)nc2nc(Oc3cccnc3C(=O)O)n(C)c(=O)c21. The molecule has 1 saturated heterocycles. The van der Waals surface area contributed by atoms with E-state index in [1.54, 1.807) is 17.6 Å². The van der Waals surface area contributed by atoms with E-state index in [2.05, 4.69) is 37.0 Å². The second-order valence-electron chi connectivity index (χ2n) is 6.85. The molecule has 0 saturated carbocycles. The highest BCUT2D eigenvalue weighted by molar-refractivity contribution is 5.88. The van der Waals surface area contributed by atoms with E-state index in [-0.39, 0.29) is 28.7 Å². The Labute approximate surface area is 177 Å². The Morgan fingerprint density at radius 2 is 2.10 bits per heavy atom. The second-order valence-corrected chi connectivity index (χ2v) is 6.85. The molecule has 1 aliphatic rings. The van der Waals surface area contributed by atoms with Gasteiger partial charge in [0.15, 0.2) is 22.6 Å². The van der Waals surface area contributed by atoms with Crippen molar-refractivity contribution < 1.29 is 14.6 Å². The molecule has 160 valence electrons. The lowest BCUT2D eigenvalue weighted by Gasteiger charge is -2.28. The number of piperazine rings is 1. The second kappa shape index (κ2) is 8.45. The number of hydrogen-bond acceptors (Lipinski definition) is 8. The first-order valence-electron chi connectivity index (χ1n) is 9.70. The van der Waals surface area contributed by atoms with Crippen LogP contribution in [0, 0.1) is 11.8 Å². The Morgan fingerprint density at radius 1 is 1.32 bits per heavy atom. The number of aromatic nitrogens is 5. The van der Waals surface area contributed by atoms with Gasteiger partial charge in [-0.05, 0) is 19.1 Å². The number of carboxylic acid groups (broad SMARTS) is 1. The number of anilines is 1. The molecule has 3 aromatic heterocycles. The quantitative estimate of drug-likeness (QED) is 0.562. The number of carbonyl (C=O) groups is 1. The van der Waals surface area contributed by atoms with Crippen LogP contribution in [0.4, 0.5) is 5.95 Å². The number of imidazole rings is 1. The lowest BCUT2D eigenvalue weighted by molar-refractivity contribution is 0.0687. The number of carboxylic acids is 1. The lowest BCUT2D eigenvalue weighted by atomic mass is 10.3. The van der Waals surface area contributed by atoms with Gasteiger partial charge in [0.25, 0.3) is 5.56 Å². The molecule has 0 amide bonds. The Balaban J connectivity index is 1.85. The van der Waals surface area contributed by atoms with Crippen molar-refractivity contribution in [3.8, 4) is 23.6 Å². The van der Waals surface area contributed by atoms with Crippen LogP contribution in [0.5, 0.6) is 11.8 Å². The smallest absolute Gasteiger partial charge is 0.358 e. The highest BCUT2D eigenvalue weighted by Gasteiger charge is 2.24. The molecule has 0 aromatic carbocycles. The van der Waals surface area contributed by atoms with Crippen molar-refractivity contribution in [2.24, 2.45) is 7.05 Å². The first kappa shape index (κ1) is 20.4. The van der Waals surface area contributed by atoms with Crippen molar-refractivity contribution in [3.63, 3.8) is 0 Å². The molecule has 0 spiro atoms. The molecule has 0 radical (unpaired) electrons. The average Bonchev–Trinajstić information content (AvgIpc) is 3.15. The summed E-state index contributed by atoms with van der Waals surface area (Å²) in [5.74, 6) is 5.20. The summed E-state index contributed by atoms with van der Waals surface area (Å²) in [5.41, 5.74) is -0.115. The molecule has 0 unspecified atom stereocenters. The Hall–Kier alpha value is -3.91. The van der Waals surface area contributed by atoms with Gasteiger partial charge in [0.05, 0.1) is 6.54 Å². The largest absolute Gasteiger partial charge is 0.476 e. The van der Waals surface area contributed by atoms with Gasteiger partial charge in [-0.2, -0.15) is 9.97 Å². The standard InChI is InChI=1S/C20H21N7O4/c1-3-4-10-27-15-16(23-19(27)26-11-8-21-9-12-26)24-20(25(2)17(15)28)31-13-6-5-7-22-14(13)18(29)30/h5-7,21H,8-12H2,1-2H3,(H,29,30). The molecule has 0 atom stereocenters. The van der Waals surface area contributed by atoms with E-state index < -0.39 is 5.97 Å². The van der Waals surface area contributed by atoms with Gasteiger partial charge in [0.2, 0.25) is 5.95 Å². The van der Waals surface area contributed by atoms with Crippen LogP contribution >= 0.6 is 0 Å². The minimum Gasteiger partial charge on any atom is -0.476 e. The molecule has 4 heterocycles. The minimum absolute atomic E-state index is 0.0181. The van der Waals surface area contributed by atoms with Gasteiger partial charge in [0, 0.05) is 39.4 Å². The van der Waals surface area contributed by atoms with Gasteiger partial charge in [-0.15, -0.1) is 5.92 Å². The van der Waals surface area contributed by atoms with Crippen LogP contribution < -0.4 is 20.5 Å². The molecule has 11 nitrogen and oxygen atoms in total. The number of rotatable bonds is 5. The number of pyridine rings is 1. The molecule has 11 heteroatoms. The van der Waals surface area contributed by atoms with Gasteiger partial charge >= 0.3 is 12.0 Å². The van der Waals surface area contributed by atoms with Crippen LogP contribution in [0.15, 0.2) is 23.1 Å². The van der Waals surface area contributed by atoms with Gasteiger partial charge < -0.3 is 20.1 Å². The fourth-order valence-electron chi connectivity index (χ4n) is 3.37. The van der Waals surface area contributed by atoms with Crippen molar-refractivity contribution in [2.75, 3.05) is 31.1 Å². The predicted molar refractivity (Wildman–Crippen MR) is 113 cm³/mol. The van der Waals surface area contributed by atoms with Crippen LogP contribution in [0.2, 0.25) is 0 Å². The van der Waals surface area contributed by atoms with Crippen LogP contribution in [-0.2, 0) is 13.6 Å². The molecule has 4 rings (SSSR count). The molecule has 3 aromatic rings. The summed E-state index contributed by atoms with van der Waals surface area (Å²) in [5, 5.41) is 12.6. The Kier molecular flexibility index (Phi) is 5.55. The fraction of sp³-hybridized carbons (Fsp3) is 0.350. The van der Waals surface area contributed by atoms with Crippen molar-refractivity contribution in [3.05, 3.63) is 34.4 Å². The summed E-state index contributed by atoms with van der Waals surface area (Å²) in [6.07, 6.45) is 1.35. The zero-order valence-electron chi connectivity index (χ0n) is 17.1. The molecule has 0 aliphatic carbocycles. The fourth-order valence-corrected chi connectivity index (χ4v) is 3.37. The van der Waals surface area contributed by atoms with Crippen molar-refractivity contribution >= 4 is 23.1 Å². The zero-order chi connectivity index (χ0) is 22.0. The Morgan fingerprint density at radius 3 is 2.81 bits per heavy atom. The van der Waals surface area contributed by atoms with E-state index in [0.29, 0.717) is 18.0 Å².